The van der Waals surface area contributed by atoms with E-state index in [1.54, 1.807) is 0 Å². The summed E-state index contributed by atoms with van der Waals surface area (Å²) < 4.78 is 0. The van der Waals surface area contributed by atoms with E-state index in [1.807, 2.05) is 13.0 Å². The standard InChI is InChI=1S/C10H21NO/c1-5-9(4)11-7-10(12)6-8(2)3/h5,8-12H,1,6-7H2,2-4H3. The van der Waals surface area contributed by atoms with Crippen LogP contribution in [0.3, 0.4) is 0 Å². The molecular formula is C10H21NO. The van der Waals surface area contributed by atoms with Crippen LogP contribution in [0, 0.1) is 5.92 Å². The topological polar surface area (TPSA) is 32.3 Å². The van der Waals surface area contributed by atoms with Gasteiger partial charge in [0.1, 0.15) is 0 Å². The zero-order valence-electron chi connectivity index (χ0n) is 8.38. The summed E-state index contributed by atoms with van der Waals surface area (Å²) in [6.07, 6.45) is 2.46. The van der Waals surface area contributed by atoms with Gasteiger partial charge in [-0.3, -0.25) is 0 Å². The molecule has 0 radical (unpaired) electrons. The third-order valence-electron chi connectivity index (χ3n) is 1.77. The second-order valence-corrected chi connectivity index (χ2v) is 3.72. The van der Waals surface area contributed by atoms with Crippen LogP contribution in [-0.4, -0.2) is 23.8 Å². The van der Waals surface area contributed by atoms with Crippen molar-refractivity contribution in [1.29, 1.82) is 0 Å². The highest BCUT2D eigenvalue weighted by Crippen LogP contribution is 2.03. The van der Waals surface area contributed by atoms with E-state index in [4.69, 9.17) is 0 Å². The number of nitrogens with one attached hydrogen (secondary N) is 1. The molecule has 2 atom stereocenters. The molecule has 0 spiro atoms. The summed E-state index contributed by atoms with van der Waals surface area (Å²) in [7, 11) is 0. The van der Waals surface area contributed by atoms with E-state index in [2.05, 4.69) is 25.7 Å². The van der Waals surface area contributed by atoms with Crippen molar-refractivity contribution in [1.82, 2.24) is 5.32 Å². The van der Waals surface area contributed by atoms with Crippen LogP contribution in [0.15, 0.2) is 12.7 Å². The van der Waals surface area contributed by atoms with Crippen molar-refractivity contribution in [2.75, 3.05) is 6.54 Å². The van der Waals surface area contributed by atoms with E-state index in [-0.39, 0.29) is 12.1 Å². The molecule has 0 aliphatic rings. The molecule has 0 aliphatic heterocycles. The fraction of sp³-hybridized carbons (Fsp3) is 0.800. The van der Waals surface area contributed by atoms with E-state index in [9.17, 15) is 5.11 Å². The maximum atomic E-state index is 9.47. The average molecular weight is 171 g/mol. The van der Waals surface area contributed by atoms with Crippen molar-refractivity contribution in [3.05, 3.63) is 12.7 Å². The number of rotatable bonds is 6. The molecule has 0 rings (SSSR count). The fourth-order valence-corrected chi connectivity index (χ4v) is 1.03. The van der Waals surface area contributed by atoms with Crippen molar-refractivity contribution in [2.24, 2.45) is 5.92 Å². The lowest BCUT2D eigenvalue weighted by molar-refractivity contribution is 0.145. The molecule has 0 bridgehead atoms. The molecule has 2 unspecified atom stereocenters. The fourth-order valence-electron chi connectivity index (χ4n) is 1.03. The van der Waals surface area contributed by atoms with Gasteiger partial charge in [-0.2, -0.15) is 0 Å². The van der Waals surface area contributed by atoms with Crippen molar-refractivity contribution in [2.45, 2.75) is 39.3 Å². The number of hydrogen-bond donors (Lipinski definition) is 2. The number of aliphatic hydroxyl groups excluding tert-OH is 1. The van der Waals surface area contributed by atoms with Crippen LogP contribution in [0.25, 0.3) is 0 Å². The van der Waals surface area contributed by atoms with E-state index >= 15 is 0 Å². The van der Waals surface area contributed by atoms with Gasteiger partial charge in [0.15, 0.2) is 0 Å². The SMILES string of the molecule is C=CC(C)NCC(O)CC(C)C. The van der Waals surface area contributed by atoms with Gasteiger partial charge >= 0.3 is 0 Å². The zero-order chi connectivity index (χ0) is 9.56. The average Bonchev–Trinajstić information content (AvgIpc) is 1.99. The second-order valence-electron chi connectivity index (χ2n) is 3.72. The Labute approximate surface area is 75.7 Å². The third kappa shape index (κ3) is 6.38. The largest absolute Gasteiger partial charge is 0.392 e. The molecule has 0 amide bonds. The first-order valence-corrected chi connectivity index (χ1v) is 4.60. The molecule has 0 aromatic rings. The van der Waals surface area contributed by atoms with Gasteiger partial charge in [-0.05, 0) is 19.3 Å². The Kier molecular flexibility index (Phi) is 6.03. The van der Waals surface area contributed by atoms with Crippen LogP contribution in [0.1, 0.15) is 27.2 Å². The maximum Gasteiger partial charge on any atom is 0.0667 e. The van der Waals surface area contributed by atoms with E-state index in [0.717, 1.165) is 6.42 Å². The summed E-state index contributed by atoms with van der Waals surface area (Å²) in [6, 6.07) is 0.284. The second kappa shape index (κ2) is 6.21. The minimum Gasteiger partial charge on any atom is -0.392 e. The van der Waals surface area contributed by atoms with Crippen molar-refractivity contribution >= 4 is 0 Å². The monoisotopic (exact) mass is 171 g/mol. The lowest BCUT2D eigenvalue weighted by atomic mass is 10.1. The summed E-state index contributed by atoms with van der Waals surface area (Å²) in [5, 5.41) is 12.6. The highest BCUT2D eigenvalue weighted by Gasteiger charge is 2.06. The Morgan fingerprint density at radius 1 is 1.42 bits per heavy atom. The molecule has 2 N–H and O–H groups in total. The first kappa shape index (κ1) is 11.7. The van der Waals surface area contributed by atoms with Gasteiger partial charge in [-0.25, -0.2) is 0 Å². The normalized spacial score (nSPS) is 16.1. The van der Waals surface area contributed by atoms with Gasteiger partial charge in [-0.1, -0.05) is 19.9 Å². The maximum absolute atomic E-state index is 9.47. The highest BCUT2D eigenvalue weighted by molar-refractivity contribution is 4.81. The van der Waals surface area contributed by atoms with E-state index in [0.29, 0.717) is 12.5 Å². The van der Waals surface area contributed by atoms with Crippen molar-refractivity contribution in [3.63, 3.8) is 0 Å². The van der Waals surface area contributed by atoms with Crippen LogP contribution in [0.4, 0.5) is 0 Å². The summed E-state index contributed by atoms with van der Waals surface area (Å²) in [5.74, 6) is 0.556. The van der Waals surface area contributed by atoms with Gasteiger partial charge in [0.25, 0.3) is 0 Å². The molecule has 0 saturated heterocycles. The van der Waals surface area contributed by atoms with Gasteiger partial charge in [0.05, 0.1) is 6.10 Å². The van der Waals surface area contributed by atoms with Gasteiger partial charge < -0.3 is 10.4 Å². The Morgan fingerprint density at radius 3 is 2.42 bits per heavy atom. The van der Waals surface area contributed by atoms with E-state index in [1.165, 1.54) is 0 Å². The highest BCUT2D eigenvalue weighted by atomic mass is 16.3. The number of hydrogen-bond acceptors (Lipinski definition) is 2. The Morgan fingerprint density at radius 2 is 2.00 bits per heavy atom. The van der Waals surface area contributed by atoms with E-state index < -0.39 is 0 Å². The molecule has 12 heavy (non-hydrogen) atoms. The molecule has 0 heterocycles. The Balaban J connectivity index is 3.42. The van der Waals surface area contributed by atoms with Gasteiger partial charge in [0.2, 0.25) is 0 Å². The van der Waals surface area contributed by atoms with Crippen molar-refractivity contribution < 1.29 is 5.11 Å². The minimum absolute atomic E-state index is 0.229. The molecule has 0 fully saturated rings. The first-order valence-electron chi connectivity index (χ1n) is 4.60. The predicted octanol–water partition coefficient (Wildman–Crippen LogP) is 1.56. The Bertz CT molecular complexity index is 123. The van der Waals surface area contributed by atoms with Crippen LogP contribution < -0.4 is 5.32 Å². The minimum atomic E-state index is -0.229. The summed E-state index contributed by atoms with van der Waals surface area (Å²) in [5.41, 5.74) is 0. The lowest BCUT2D eigenvalue weighted by Gasteiger charge is -2.15. The van der Waals surface area contributed by atoms with Gasteiger partial charge in [0, 0.05) is 12.6 Å². The van der Waals surface area contributed by atoms with Crippen LogP contribution in [-0.2, 0) is 0 Å². The lowest BCUT2D eigenvalue weighted by Crippen LogP contribution is -2.33. The number of aliphatic hydroxyl groups is 1. The first-order chi connectivity index (χ1) is 5.56. The van der Waals surface area contributed by atoms with Crippen LogP contribution in [0.5, 0.6) is 0 Å². The summed E-state index contributed by atoms with van der Waals surface area (Å²) in [4.78, 5) is 0. The predicted molar refractivity (Wildman–Crippen MR) is 53.1 cm³/mol. The third-order valence-corrected chi connectivity index (χ3v) is 1.77. The molecule has 2 nitrogen and oxygen atoms in total. The molecule has 72 valence electrons. The molecule has 0 aromatic carbocycles. The molecule has 0 aromatic heterocycles. The van der Waals surface area contributed by atoms with Crippen LogP contribution >= 0.6 is 0 Å². The smallest absolute Gasteiger partial charge is 0.0667 e. The Hall–Kier alpha value is -0.340. The molecule has 2 heteroatoms. The van der Waals surface area contributed by atoms with Crippen LogP contribution in [0.2, 0.25) is 0 Å². The van der Waals surface area contributed by atoms with Crippen molar-refractivity contribution in [3.8, 4) is 0 Å². The summed E-state index contributed by atoms with van der Waals surface area (Å²) >= 11 is 0. The molecule has 0 aliphatic carbocycles. The molecular weight excluding hydrogens is 150 g/mol. The quantitative estimate of drug-likeness (QED) is 0.594. The zero-order valence-corrected chi connectivity index (χ0v) is 8.38. The molecule has 0 saturated carbocycles. The van der Waals surface area contributed by atoms with Gasteiger partial charge in [-0.15, -0.1) is 6.58 Å². The summed E-state index contributed by atoms with van der Waals surface area (Å²) in [6.45, 7) is 10.6.